The molecule has 2 aliphatic heterocycles. The Morgan fingerprint density at radius 2 is 1.02 bits per heavy atom. The van der Waals surface area contributed by atoms with E-state index in [9.17, 15) is 0 Å². The smallest absolute Gasteiger partial charge is 0.104 e. The molecule has 2 heterocycles. The number of hydrogen-bond acceptors (Lipinski definition) is 3. The number of rotatable bonds is 4. The van der Waals surface area contributed by atoms with Gasteiger partial charge >= 0.3 is 0 Å². The molecule has 3 nitrogen and oxygen atoms in total. The molecule has 1 spiro atoms. The second-order valence-corrected chi connectivity index (χ2v) is 14.6. The van der Waals surface area contributed by atoms with Crippen LogP contribution in [0.1, 0.15) is 51.2 Å². The van der Waals surface area contributed by atoms with Gasteiger partial charge in [-0.15, -0.1) is 0 Å². The molecular formula is C51H37N3. The van der Waals surface area contributed by atoms with E-state index in [2.05, 4.69) is 216 Å². The van der Waals surface area contributed by atoms with Crippen LogP contribution in [-0.2, 0) is 5.41 Å². The molecule has 0 fully saturated rings. The Kier molecular flexibility index (Phi) is 6.98. The lowest BCUT2D eigenvalue weighted by atomic mass is 9.64. The monoisotopic (exact) mass is 691 g/mol. The predicted octanol–water partition coefficient (Wildman–Crippen LogP) is 12.0. The van der Waals surface area contributed by atoms with Crippen molar-refractivity contribution in [2.75, 3.05) is 4.90 Å². The van der Waals surface area contributed by atoms with E-state index in [1.54, 1.807) is 0 Å². The van der Waals surface area contributed by atoms with Crippen molar-refractivity contribution >= 4 is 33.5 Å². The zero-order valence-electron chi connectivity index (χ0n) is 29.7. The highest BCUT2D eigenvalue weighted by Gasteiger charge is 2.52. The Morgan fingerprint density at radius 1 is 0.444 bits per heavy atom. The highest BCUT2D eigenvalue weighted by atomic mass is 15.2. The molecule has 0 radical (unpaired) electrons. The van der Waals surface area contributed by atoms with E-state index in [0.717, 1.165) is 11.4 Å². The fraction of sp³-hybridized carbons (Fsp3) is 0.0588. The van der Waals surface area contributed by atoms with Crippen LogP contribution in [-0.4, -0.2) is 0 Å². The number of benzene rings is 8. The zero-order chi connectivity index (χ0) is 35.6. The molecule has 0 saturated heterocycles. The normalized spacial score (nSPS) is 17.6. The number of fused-ring (bicyclic) bond motifs is 10. The fourth-order valence-electron chi connectivity index (χ4n) is 9.36. The van der Waals surface area contributed by atoms with Crippen LogP contribution in [0.5, 0.6) is 0 Å². The first-order chi connectivity index (χ1) is 26.8. The van der Waals surface area contributed by atoms with Gasteiger partial charge in [0.25, 0.3) is 0 Å². The van der Waals surface area contributed by atoms with Crippen molar-refractivity contribution in [1.82, 2.24) is 10.6 Å². The summed E-state index contributed by atoms with van der Waals surface area (Å²) in [4.78, 5) is 2.45. The van der Waals surface area contributed by atoms with E-state index in [0.29, 0.717) is 0 Å². The summed E-state index contributed by atoms with van der Waals surface area (Å²) in [7, 11) is 0. The van der Waals surface area contributed by atoms with Gasteiger partial charge in [-0.3, -0.25) is 5.32 Å². The summed E-state index contributed by atoms with van der Waals surface area (Å²) in [6.45, 7) is 0. The van der Waals surface area contributed by atoms with E-state index in [1.165, 1.54) is 72.2 Å². The highest BCUT2D eigenvalue weighted by Crippen LogP contribution is 2.64. The molecule has 8 aromatic rings. The van der Waals surface area contributed by atoms with Crippen molar-refractivity contribution < 1.29 is 0 Å². The van der Waals surface area contributed by atoms with E-state index in [4.69, 9.17) is 0 Å². The minimum absolute atomic E-state index is 0.0351. The molecule has 0 aromatic heterocycles. The summed E-state index contributed by atoms with van der Waals surface area (Å²) in [5.41, 5.74) is 15.6. The molecule has 0 saturated carbocycles. The van der Waals surface area contributed by atoms with Crippen LogP contribution in [0.2, 0.25) is 0 Å². The molecule has 3 heteroatoms. The third-order valence-electron chi connectivity index (χ3n) is 11.7. The largest absolute Gasteiger partial charge is 0.366 e. The first kappa shape index (κ1) is 30.9. The van der Waals surface area contributed by atoms with Crippen molar-refractivity contribution in [2.24, 2.45) is 0 Å². The Bertz CT molecular complexity index is 2690. The molecule has 2 atom stereocenters. The Labute approximate surface area is 315 Å². The first-order valence-electron chi connectivity index (χ1n) is 18.8. The summed E-state index contributed by atoms with van der Waals surface area (Å²) < 4.78 is 0. The molecule has 0 bridgehead atoms. The van der Waals surface area contributed by atoms with Crippen molar-refractivity contribution in [2.45, 2.75) is 17.6 Å². The summed E-state index contributed by atoms with van der Waals surface area (Å²) in [5.74, 6) is 0. The van der Waals surface area contributed by atoms with Gasteiger partial charge in [0, 0.05) is 11.4 Å². The molecule has 2 N–H and O–H groups in total. The van der Waals surface area contributed by atoms with Crippen molar-refractivity contribution in [3.8, 4) is 11.1 Å². The minimum atomic E-state index is -0.547. The third kappa shape index (κ3) is 4.59. The van der Waals surface area contributed by atoms with Crippen molar-refractivity contribution in [3.05, 3.63) is 239 Å². The average Bonchev–Trinajstić information content (AvgIpc) is 3.52. The second-order valence-electron chi connectivity index (χ2n) is 14.6. The molecule has 54 heavy (non-hydrogen) atoms. The average molecular weight is 692 g/mol. The van der Waals surface area contributed by atoms with Gasteiger partial charge < -0.3 is 10.2 Å². The first-order valence-corrected chi connectivity index (χ1v) is 18.8. The molecule has 1 aliphatic carbocycles. The number of hydrogen-bond donors (Lipinski definition) is 2. The number of nitrogens with zero attached hydrogens (tertiary/aromatic N) is 1. The Balaban J connectivity index is 1.17. The lowest BCUT2D eigenvalue weighted by molar-refractivity contribution is 0.442. The maximum atomic E-state index is 3.99. The molecule has 8 aromatic carbocycles. The third-order valence-corrected chi connectivity index (χ3v) is 11.7. The van der Waals surface area contributed by atoms with E-state index >= 15 is 0 Å². The van der Waals surface area contributed by atoms with E-state index in [-0.39, 0.29) is 12.2 Å². The molecule has 0 amide bonds. The quantitative estimate of drug-likeness (QED) is 0.192. The van der Waals surface area contributed by atoms with Gasteiger partial charge in [0.05, 0.1) is 22.8 Å². The second kappa shape index (κ2) is 12.2. The lowest BCUT2D eigenvalue weighted by Crippen LogP contribution is -2.40. The minimum Gasteiger partial charge on any atom is -0.366 e. The summed E-state index contributed by atoms with van der Waals surface area (Å²) in [6.07, 6.45) is 2.19. The maximum Gasteiger partial charge on any atom is 0.104 e. The van der Waals surface area contributed by atoms with Crippen LogP contribution in [0.25, 0.3) is 27.6 Å². The molecule has 256 valence electrons. The summed E-state index contributed by atoms with van der Waals surface area (Å²) in [6, 6.07) is 71.3. The van der Waals surface area contributed by atoms with Gasteiger partial charge in [-0.25, -0.2) is 0 Å². The van der Waals surface area contributed by atoms with E-state index < -0.39 is 5.41 Å². The lowest BCUT2D eigenvalue weighted by Gasteiger charge is -2.45. The molecular weight excluding hydrogens is 655 g/mol. The van der Waals surface area contributed by atoms with Crippen LogP contribution >= 0.6 is 0 Å². The van der Waals surface area contributed by atoms with Gasteiger partial charge in [0.15, 0.2) is 0 Å². The van der Waals surface area contributed by atoms with Crippen molar-refractivity contribution in [1.29, 1.82) is 0 Å². The number of anilines is 3. The van der Waals surface area contributed by atoms with Crippen LogP contribution in [0.4, 0.5) is 17.1 Å². The summed E-state index contributed by atoms with van der Waals surface area (Å²) in [5, 5.41) is 10.4. The van der Waals surface area contributed by atoms with E-state index in [1.807, 2.05) is 0 Å². The Morgan fingerprint density at radius 3 is 1.72 bits per heavy atom. The SMILES string of the molecule is C1=C(c2ccccc2)NC(c2ccc3c(c2)C2(c4cc5ccccc5cc4-3)c3ccccc3N(c3ccccc3)c3ccccc32)NC1c1ccccc1. The molecule has 11 rings (SSSR count). The van der Waals surface area contributed by atoms with Gasteiger partial charge in [0.1, 0.15) is 6.17 Å². The standard InChI is InChI=1S/C51H37N3/c1-4-16-34(17-5-1)46-33-47(35-18-6-2-7-19-35)53-50(52-46)38-28-29-40-41-30-36-20-10-11-21-37(36)31-45(41)51(44(40)32-38)42-24-12-14-26-48(42)54(39-22-8-3-9-23-39)49-27-15-13-25-43(49)51/h1-33,46,50,52-53H. The summed E-state index contributed by atoms with van der Waals surface area (Å²) >= 11 is 0. The molecule has 3 aliphatic rings. The topological polar surface area (TPSA) is 27.3 Å². The maximum absolute atomic E-state index is 3.99. The fourth-order valence-corrected chi connectivity index (χ4v) is 9.36. The molecule has 2 unspecified atom stereocenters. The van der Waals surface area contributed by atoms with Gasteiger partial charge in [-0.2, -0.15) is 0 Å². The van der Waals surface area contributed by atoms with Crippen LogP contribution in [0, 0.1) is 0 Å². The van der Waals surface area contributed by atoms with Crippen molar-refractivity contribution in [3.63, 3.8) is 0 Å². The number of nitrogens with one attached hydrogen (secondary N) is 2. The van der Waals surface area contributed by atoms with Gasteiger partial charge in [-0.1, -0.05) is 158 Å². The van der Waals surface area contributed by atoms with Crippen LogP contribution < -0.4 is 15.5 Å². The van der Waals surface area contributed by atoms with Crippen LogP contribution in [0.15, 0.2) is 200 Å². The number of para-hydroxylation sites is 3. The highest BCUT2D eigenvalue weighted by molar-refractivity contribution is 6.00. The van der Waals surface area contributed by atoms with Crippen LogP contribution in [0.3, 0.4) is 0 Å². The van der Waals surface area contributed by atoms with Gasteiger partial charge in [0.2, 0.25) is 0 Å². The zero-order valence-corrected chi connectivity index (χ0v) is 29.7. The Hall–Kier alpha value is -6.68. The van der Waals surface area contributed by atoms with Gasteiger partial charge in [-0.05, 0) is 103 Å². The predicted molar refractivity (Wildman–Crippen MR) is 222 cm³/mol.